The van der Waals surface area contributed by atoms with Crippen LogP contribution in [0.2, 0.25) is 0 Å². The maximum Gasteiger partial charge on any atom is 0.302 e. The van der Waals surface area contributed by atoms with Crippen molar-refractivity contribution in [2.75, 3.05) is 4.72 Å². The maximum atomic E-state index is 12.0. The summed E-state index contributed by atoms with van der Waals surface area (Å²) in [4.78, 5) is 11.2. The van der Waals surface area contributed by atoms with Crippen LogP contribution in [-0.2, 0) is 15.0 Å². The van der Waals surface area contributed by atoms with Gasteiger partial charge in [-0.3, -0.25) is 4.72 Å². The highest BCUT2D eigenvalue weighted by atomic mass is 32.2. The Kier molecular flexibility index (Phi) is 2.92. The smallest absolute Gasteiger partial charge is 0.301 e. The molecule has 0 saturated heterocycles. The van der Waals surface area contributed by atoms with Gasteiger partial charge >= 0.3 is 10.2 Å². The number of carbonyl (C=O) groups is 1. The van der Waals surface area contributed by atoms with Gasteiger partial charge in [-0.25, -0.2) is 0 Å². The molecule has 1 N–H and O–H groups in total. The van der Waals surface area contributed by atoms with Crippen LogP contribution in [0.5, 0.6) is 0 Å². The molecule has 1 aromatic carbocycles. The summed E-state index contributed by atoms with van der Waals surface area (Å²) < 4.78 is 27.7. The van der Waals surface area contributed by atoms with Crippen LogP contribution in [0.3, 0.4) is 0 Å². The van der Waals surface area contributed by atoms with Gasteiger partial charge in [0.15, 0.2) is 0 Å². The van der Waals surface area contributed by atoms with E-state index in [1.54, 1.807) is 38.1 Å². The van der Waals surface area contributed by atoms with E-state index < -0.39 is 16.3 Å². The zero-order valence-electron chi connectivity index (χ0n) is 9.62. The Morgan fingerprint density at radius 2 is 2.00 bits per heavy atom. The topological polar surface area (TPSA) is 66.5 Å². The Morgan fingerprint density at radius 1 is 1.35 bits per heavy atom. The monoisotopic (exact) mass is 254 g/mol. The third kappa shape index (κ3) is 1.94. The van der Waals surface area contributed by atoms with Gasteiger partial charge in [0.25, 0.3) is 0 Å². The first-order valence-electron chi connectivity index (χ1n) is 5.33. The molecule has 6 heteroatoms. The van der Waals surface area contributed by atoms with E-state index in [2.05, 4.69) is 4.72 Å². The van der Waals surface area contributed by atoms with Crippen molar-refractivity contribution < 1.29 is 13.2 Å². The standard InChI is InChI=1S/C11H14N2O3S/c1-8(2)13-11(7-14)9-5-3-4-6-10(9)12-17(13,15)16/h3-8,11-12H,1-2H3. The highest BCUT2D eigenvalue weighted by Gasteiger charge is 2.38. The van der Waals surface area contributed by atoms with Crippen molar-refractivity contribution in [1.82, 2.24) is 4.31 Å². The van der Waals surface area contributed by atoms with E-state index in [1.807, 2.05) is 0 Å². The van der Waals surface area contributed by atoms with Crippen LogP contribution in [0.4, 0.5) is 5.69 Å². The Balaban J connectivity index is 2.62. The van der Waals surface area contributed by atoms with Crippen molar-refractivity contribution in [3.8, 4) is 0 Å². The minimum absolute atomic E-state index is 0.281. The zero-order chi connectivity index (χ0) is 12.6. The average Bonchev–Trinajstić information content (AvgIpc) is 2.25. The Labute approximate surface area is 101 Å². The molecule has 1 heterocycles. The SMILES string of the molecule is CC(C)N1C(C=O)c2ccccc2NS1(=O)=O. The molecular weight excluding hydrogens is 240 g/mol. The summed E-state index contributed by atoms with van der Waals surface area (Å²) in [5, 5.41) is 0. The summed E-state index contributed by atoms with van der Waals surface area (Å²) in [5.41, 5.74) is 1.16. The number of nitrogens with one attached hydrogen (secondary N) is 1. The number of carbonyl (C=O) groups excluding carboxylic acids is 1. The quantitative estimate of drug-likeness (QED) is 0.809. The molecule has 0 aromatic heterocycles. The molecule has 0 spiro atoms. The van der Waals surface area contributed by atoms with Crippen molar-refractivity contribution >= 4 is 22.2 Å². The second kappa shape index (κ2) is 4.12. The van der Waals surface area contributed by atoms with Gasteiger partial charge in [-0.2, -0.15) is 12.7 Å². The van der Waals surface area contributed by atoms with Crippen molar-refractivity contribution in [3.05, 3.63) is 29.8 Å². The molecule has 0 amide bonds. The lowest BCUT2D eigenvalue weighted by Crippen LogP contribution is -2.47. The molecule has 17 heavy (non-hydrogen) atoms. The molecule has 1 aliphatic rings. The summed E-state index contributed by atoms with van der Waals surface area (Å²) in [6.07, 6.45) is 0.664. The molecule has 1 atom stereocenters. The van der Waals surface area contributed by atoms with Gasteiger partial charge in [0.2, 0.25) is 0 Å². The number of fused-ring (bicyclic) bond motifs is 1. The summed E-state index contributed by atoms with van der Waals surface area (Å²) in [5.74, 6) is 0. The molecule has 1 aliphatic heterocycles. The van der Waals surface area contributed by atoms with Crippen molar-refractivity contribution in [2.24, 2.45) is 0 Å². The van der Waals surface area contributed by atoms with Crippen LogP contribution in [0.1, 0.15) is 25.5 Å². The summed E-state index contributed by atoms with van der Waals surface area (Å²) in [6, 6.07) is 5.89. The van der Waals surface area contributed by atoms with E-state index in [0.717, 1.165) is 0 Å². The first-order valence-corrected chi connectivity index (χ1v) is 6.77. The minimum Gasteiger partial charge on any atom is -0.301 e. The van der Waals surface area contributed by atoms with E-state index in [1.165, 1.54) is 4.31 Å². The molecule has 1 aromatic rings. The Bertz CT molecular complexity index is 539. The second-order valence-corrected chi connectivity index (χ2v) is 5.77. The van der Waals surface area contributed by atoms with Crippen LogP contribution >= 0.6 is 0 Å². The number of rotatable bonds is 2. The first-order chi connectivity index (χ1) is 7.97. The molecule has 0 aliphatic carbocycles. The fourth-order valence-corrected chi connectivity index (χ4v) is 3.64. The number of nitrogens with zero attached hydrogens (tertiary/aromatic N) is 1. The van der Waals surface area contributed by atoms with E-state index in [0.29, 0.717) is 17.5 Å². The Hall–Kier alpha value is -1.40. The fraction of sp³-hybridized carbons (Fsp3) is 0.364. The number of anilines is 1. The van der Waals surface area contributed by atoms with Gasteiger partial charge < -0.3 is 4.79 Å². The van der Waals surface area contributed by atoms with Gasteiger partial charge in [0.1, 0.15) is 12.3 Å². The van der Waals surface area contributed by atoms with Crippen LogP contribution in [0, 0.1) is 0 Å². The molecule has 0 radical (unpaired) electrons. The summed E-state index contributed by atoms with van der Waals surface area (Å²) >= 11 is 0. The third-order valence-electron chi connectivity index (χ3n) is 2.71. The number of para-hydroxylation sites is 1. The van der Waals surface area contributed by atoms with E-state index in [4.69, 9.17) is 0 Å². The molecule has 2 rings (SSSR count). The maximum absolute atomic E-state index is 12.0. The normalized spacial score (nSPS) is 22.9. The molecule has 0 fully saturated rings. The van der Waals surface area contributed by atoms with E-state index in [9.17, 15) is 13.2 Å². The highest BCUT2D eigenvalue weighted by Crippen LogP contribution is 2.35. The average molecular weight is 254 g/mol. The van der Waals surface area contributed by atoms with E-state index >= 15 is 0 Å². The predicted octanol–water partition coefficient (Wildman–Crippen LogP) is 1.31. The predicted molar refractivity (Wildman–Crippen MR) is 64.8 cm³/mol. The molecule has 0 bridgehead atoms. The highest BCUT2D eigenvalue weighted by molar-refractivity contribution is 7.90. The largest absolute Gasteiger partial charge is 0.302 e. The van der Waals surface area contributed by atoms with Crippen LogP contribution in [0.25, 0.3) is 0 Å². The molecular formula is C11H14N2O3S. The molecule has 92 valence electrons. The molecule has 1 unspecified atom stereocenters. The fourth-order valence-electron chi connectivity index (χ4n) is 2.06. The van der Waals surface area contributed by atoms with Gasteiger partial charge in [-0.1, -0.05) is 18.2 Å². The van der Waals surface area contributed by atoms with Crippen molar-refractivity contribution in [2.45, 2.75) is 25.9 Å². The van der Waals surface area contributed by atoms with E-state index in [-0.39, 0.29) is 6.04 Å². The summed E-state index contributed by atoms with van der Waals surface area (Å²) in [7, 11) is -3.65. The van der Waals surface area contributed by atoms with Gasteiger partial charge in [-0.15, -0.1) is 0 Å². The van der Waals surface area contributed by atoms with Crippen LogP contribution in [-0.4, -0.2) is 25.1 Å². The third-order valence-corrected chi connectivity index (χ3v) is 4.39. The van der Waals surface area contributed by atoms with Gasteiger partial charge in [-0.05, 0) is 19.9 Å². The van der Waals surface area contributed by atoms with Gasteiger partial charge in [0.05, 0.1) is 5.69 Å². The number of benzene rings is 1. The Morgan fingerprint density at radius 3 is 2.59 bits per heavy atom. The minimum atomic E-state index is -3.65. The van der Waals surface area contributed by atoms with Crippen molar-refractivity contribution in [3.63, 3.8) is 0 Å². The lowest BCUT2D eigenvalue weighted by Gasteiger charge is -2.36. The molecule has 0 saturated carbocycles. The van der Waals surface area contributed by atoms with Crippen molar-refractivity contribution in [1.29, 1.82) is 0 Å². The number of hydrogen-bond acceptors (Lipinski definition) is 3. The second-order valence-electron chi connectivity index (χ2n) is 4.20. The molecule has 5 nitrogen and oxygen atoms in total. The summed E-state index contributed by atoms with van der Waals surface area (Å²) in [6.45, 7) is 3.48. The van der Waals surface area contributed by atoms with Crippen LogP contribution in [0.15, 0.2) is 24.3 Å². The number of hydrogen-bond donors (Lipinski definition) is 1. The van der Waals surface area contributed by atoms with Gasteiger partial charge in [0, 0.05) is 11.6 Å². The lowest BCUT2D eigenvalue weighted by molar-refractivity contribution is -0.111. The number of aldehydes is 1. The first kappa shape index (κ1) is 12.1. The zero-order valence-corrected chi connectivity index (χ0v) is 10.4. The lowest BCUT2D eigenvalue weighted by atomic mass is 10.1. The van der Waals surface area contributed by atoms with Crippen LogP contribution < -0.4 is 4.72 Å².